The fourth-order valence-electron chi connectivity index (χ4n) is 2.69. The molecule has 2 heterocycles. The summed E-state index contributed by atoms with van der Waals surface area (Å²) in [5, 5.41) is 0. The van der Waals surface area contributed by atoms with E-state index >= 15 is 0 Å². The summed E-state index contributed by atoms with van der Waals surface area (Å²) < 4.78 is 5.71. The molecule has 1 saturated heterocycles. The van der Waals surface area contributed by atoms with Crippen molar-refractivity contribution in [1.82, 2.24) is 14.9 Å². The maximum absolute atomic E-state index is 12.4. The highest BCUT2D eigenvalue weighted by molar-refractivity contribution is 5.92. The van der Waals surface area contributed by atoms with E-state index in [1.165, 1.54) is 0 Å². The Labute approximate surface area is 136 Å². The maximum Gasteiger partial charge on any atom is 0.274 e. The zero-order valence-electron chi connectivity index (χ0n) is 13.5. The van der Waals surface area contributed by atoms with Crippen molar-refractivity contribution in [2.45, 2.75) is 32.8 Å². The molecule has 3 rings (SSSR count). The number of hydrogen-bond acceptors (Lipinski definition) is 4. The average molecular weight is 311 g/mol. The maximum atomic E-state index is 12.4. The molecular weight excluding hydrogens is 290 g/mol. The highest BCUT2D eigenvalue weighted by Crippen LogP contribution is 2.23. The lowest BCUT2D eigenvalue weighted by Crippen LogP contribution is -2.28. The second-order valence-corrected chi connectivity index (χ2v) is 5.98. The predicted molar refractivity (Wildman–Crippen MR) is 88.4 cm³/mol. The van der Waals surface area contributed by atoms with Gasteiger partial charge >= 0.3 is 0 Å². The molecule has 23 heavy (non-hydrogen) atoms. The van der Waals surface area contributed by atoms with Gasteiger partial charge in [0.15, 0.2) is 0 Å². The van der Waals surface area contributed by atoms with Crippen LogP contribution in [0.5, 0.6) is 5.75 Å². The Morgan fingerprint density at radius 3 is 2.74 bits per heavy atom. The summed E-state index contributed by atoms with van der Waals surface area (Å²) in [7, 11) is 0. The molecule has 1 aliphatic heterocycles. The fourth-order valence-corrected chi connectivity index (χ4v) is 2.69. The summed E-state index contributed by atoms with van der Waals surface area (Å²) >= 11 is 0. The molecule has 2 aromatic rings. The molecule has 0 atom stereocenters. The van der Waals surface area contributed by atoms with E-state index in [-0.39, 0.29) is 12.0 Å². The van der Waals surface area contributed by atoms with Crippen molar-refractivity contribution < 1.29 is 9.53 Å². The number of rotatable bonds is 4. The molecule has 0 aliphatic carbocycles. The van der Waals surface area contributed by atoms with Crippen LogP contribution in [-0.2, 0) is 0 Å². The van der Waals surface area contributed by atoms with E-state index in [1.807, 2.05) is 43.0 Å². The van der Waals surface area contributed by atoms with Crippen molar-refractivity contribution in [2.75, 3.05) is 13.1 Å². The zero-order chi connectivity index (χ0) is 16.2. The second kappa shape index (κ2) is 6.77. The molecule has 1 aromatic carbocycles. The Hall–Kier alpha value is -2.43. The zero-order valence-corrected chi connectivity index (χ0v) is 13.5. The van der Waals surface area contributed by atoms with Gasteiger partial charge < -0.3 is 9.64 Å². The van der Waals surface area contributed by atoms with Crippen LogP contribution >= 0.6 is 0 Å². The molecule has 120 valence electrons. The van der Waals surface area contributed by atoms with Gasteiger partial charge in [-0.15, -0.1) is 0 Å². The Morgan fingerprint density at radius 2 is 2.00 bits per heavy atom. The van der Waals surface area contributed by atoms with Crippen molar-refractivity contribution in [1.29, 1.82) is 0 Å². The SMILES string of the molecule is CC(C)Oc1cccc(-c2cncc(C(=O)N3CCCC3)n2)c1. The number of ether oxygens (including phenoxy) is 1. The number of benzene rings is 1. The summed E-state index contributed by atoms with van der Waals surface area (Å²) in [4.78, 5) is 23.0. The van der Waals surface area contributed by atoms with Gasteiger partial charge in [0.2, 0.25) is 0 Å². The van der Waals surface area contributed by atoms with E-state index in [2.05, 4.69) is 9.97 Å². The lowest BCUT2D eigenvalue weighted by molar-refractivity contribution is 0.0786. The van der Waals surface area contributed by atoms with Crippen LogP contribution in [0.4, 0.5) is 0 Å². The van der Waals surface area contributed by atoms with Crippen molar-refractivity contribution in [3.8, 4) is 17.0 Å². The number of likely N-dealkylation sites (tertiary alicyclic amines) is 1. The number of hydrogen-bond donors (Lipinski definition) is 0. The first-order chi connectivity index (χ1) is 11.1. The normalized spacial score (nSPS) is 14.3. The first-order valence-corrected chi connectivity index (χ1v) is 8.02. The second-order valence-electron chi connectivity index (χ2n) is 5.98. The Morgan fingerprint density at radius 1 is 1.22 bits per heavy atom. The van der Waals surface area contributed by atoms with E-state index in [0.29, 0.717) is 11.4 Å². The molecule has 0 unspecified atom stereocenters. The van der Waals surface area contributed by atoms with Gasteiger partial charge in [-0.2, -0.15) is 0 Å². The van der Waals surface area contributed by atoms with E-state index in [0.717, 1.165) is 37.2 Å². The molecule has 1 amide bonds. The average Bonchev–Trinajstić information content (AvgIpc) is 3.08. The van der Waals surface area contributed by atoms with Crippen molar-refractivity contribution in [2.24, 2.45) is 0 Å². The first kappa shape index (κ1) is 15.5. The van der Waals surface area contributed by atoms with Crippen LogP contribution in [0.3, 0.4) is 0 Å². The summed E-state index contributed by atoms with van der Waals surface area (Å²) in [6, 6.07) is 7.70. The number of nitrogens with zero attached hydrogens (tertiary/aromatic N) is 3. The van der Waals surface area contributed by atoms with Crippen LogP contribution in [0.15, 0.2) is 36.7 Å². The van der Waals surface area contributed by atoms with E-state index < -0.39 is 0 Å². The highest BCUT2D eigenvalue weighted by Gasteiger charge is 2.21. The molecule has 5 nitrogen and oxygen atoms in total. The van der Waals surface area contributed by atoms with E-state index in [9.17, 15) is 4.79 Å². The van der Waals surface area contributed by atoms with Gasteiger partial charge in [-0.3, -0.25) is 9.78 Å². The minimum Gasteiger partial charge on any atom is -0.491 e. The van der Waals surface area contributed by atoms with Crippen LogP contribution in [0, 0.1) is 0 Å². The van der Waals surface area contributed by atoms with Crippen LogP contribution in [-0.4, -0.2) is 40.0 Å². The number of aromatic nitrogens is 2. The Bertz CT molecular complexity index is 694. The standard InChI is InChI=1S/C18H21N3O2/c1-13(2)23-15-7-5-6-14(10-15)16-11-19-12-17(20-16)18(22)21-8-3-4-9-21/h5-7,10-13H,3-4,8-9H2,1-2H3. The molecule has 5 heteroatoms. The number of carbonyl (C=O) groups is 1. The third-order valence-electron chi connectivity index (χ3n) is 3.75. The molecule has 0 saturated carbocycles. The van der Waals surface area contributed by atoms with Crippen molar-refractivity contribution in [3.63, 3.8) is 0 Å². The fraction of sp³-hybridized carbons (Fsp3) is 0.389. The van der Waals surface area contributed by atoms with E-state index in [1.54, 1.807) is 12.4 Å². The first-order valence-electron chi connectivity index (χ1n) is 8.02. The van der Waals surface area contributed by atoms with Gasteiger partial charge in [0.05, 0.1) is 24.2 Å². The lowest BCUT2D eigenvalue weighted by Gasteiger charge is -2.15. The van der Waals surface area contributed by atoms with Gasteiger partial charge in [-0.25, -0.2) is 4.98 Å². The Balaban J connectivity index is 1.86. The van der Waals surface area contributed by atoms with E-state index in [4.69, 9.17) is 4.74 Å². The molecule has 1 aliphatic rings. The summed E-state index contributed by atoms with van der Waals surface area (Å²) in [5.74, 6) is 0.752. The molecule has 0 spiro atoms. The van der Waals surface area contributed by atoms with Crippen molar-refractivity contribution in [3.05, 3.63) is 42.4 Å². The molecule has 0 N–H and O–H groups in total. The molecule has 0 bridgehead atoms. The molecular formula is C18H21N3O2. The molecule has 1 fully saturated rings. The number of carbonyl (C=O) groups excluding carboxylic acids is 1. The number of amides is 1. The summed E-state index contributed by atoms with van der Waals surface area (Å²) in [6.07, 6.45) is 5.45. The minimum atomic E-state index is -0.0357. The van der Waals surface area contributed by atoms with Crippen LogP contribution in [0.2, 0.25) is 0 Å². The monoisotopic (exact) mass is 311 g/mol. The largest absolute Gasteiger partial charge is 0.491 e. The quantitative estimate of drug-likeness (QED) is 0.870. The van der Waals surface area contributed by atoms with Crippen LogP contribution in [0.1, 0.15) is 37.2 Å². The third-order valence-corrected chi connectivity index (χ3v) is 3.75. The summed E-state index contributed by atoms with van der Waals surface area (Å²) in [6.45, 7) is 5.59. The molecule has 1 aromatic heterocycles. The minimum absolute atomic E-state index is 0.0357. The van der Waals surface area contributed by atoms with Crippen LogP contribution in [0.25, 0.3) is 11.3 Å². The van der Waals surface area contributed by atoms with Gasteiger partial charge in [-0.05, 0) is 38.8 Å². The van der Waals surface area contributed by atoms with Gasteiger partial charge in [0.1, 0.15) is 11.4 Å². The van der Waals surface area contributed by atoms with Gasteiger partial charge in [-0.1, -0.05) is 12.1 Å². The van der Waals surface area contributed by atoms with Crippen molar-refractivity contribution >= 4 is 5.91 Å². The van der Waals surface area contributed by atoms with Gasteiger partial charge in [0, 0.05) is 18.7 Å². The lowest BCUT2D eigenvalue weighted by atomic mass is 10.1. The van der Waals surface area contributed by atoms with Gasteiger partial charge in [0.25, 0.3) is 5.91 Å². The third kappa shape index (κ3) is 3.67. The smallest absolute Gasteiger partial charge is 0.274 e. The molecule has 0 radical (unpaired) electrons. The summed E-state index contributed by atoms with van der Waals surface area (Å²) in [5.41, 5.74) is 1.98. The Kier molecular flexibility index (Phi) is 4.55. The van der Waals surface area contributed by atoms with Crippen LogP contribution < -0.4 is 4.74 Å². The topological polar surface area (TPSA) is 55.3 Å². The predicted octanol–water partition coefficient (Wildman–Crippen LogP) is 3.17. The highest BCUT2D eigenvalue weighted by atomic mass is 16.5.